The van der Waals surface area contributed by atoms with Crippen LogP contribution in [0, 0.1) is 35.1 Å². The lowest BCUT2D eigenvalue weighted by atomic mass is 10.1. The molecule has 0 amide bonds. The zero-order chi connectivity index (χ0) is 18.7. The molecule has 0 radical (unpaired) electrons. The third kappa shape index (κ3) is 3.55. The first-order chi connectivity index (χ1) is 12.5. The lowest BCUT2D eigenvalue weighted by Crippen LogP contribution is -1.99. The number of hydrogen-bond donors (Lipinski definition) is 0. The van der Waals surface area contributed by atoms with Gasteiger partial charge in [-0.05, 0) is 47.2 Å². The summed E-state index contributed by atoms with van der Waals surface area (Å²) in [6.45, 7) is 3.48. The fourth-order valence-electron chi connectivity index (χ4n) is 2.35. The van der Waals surface area contributed by atoms with Crippen molar-refractivity contribution in [2.75, 3.05) is 6.61 Å². The van der Waals surface area contributed by atoms with Crippen LogP contribution in [0.25, 0.3) is 10.8 Å². The molecule has 0 spiro atoms. The Hall–Kier alpha value is -3.26. The standard InChI is InChI=1S/C21H12F4O/c1-2-9-26-19-8-7-14(20(24)21(19)25)5-3-13-4-6-15-11-17(22)18(23)12-16(15)10-13/h2,4,6-8,10-12H,1,9H2. The van der Waals surface area contributed by atoms with Crippen molar-refractivity contribution in [1.82, 2.24) is 0 Å². The second kappa shape index (κ2) is 7.32. The molecule has 0 atom stereocenters. The summed E-state index contributed by atoms with van der Waals surface area (Å²) in [5.74, 6) is 0.846. The monoisotopic (exact) mass is 356 g/mol. The highest BCUT2D eigenvalue weighted by Gasteiger charge is 2.13. The van der Waals surface area contributed by atoms with E-state index in [1.807, 2.05) is 0 Å². The third-order valence-electron chi connectivity index (χ3n) is 3.62. The normalized spacial score (nSPS) is 10.3. The van der Waals surface area contributed by atoms with E-state index in [9.17, 15) is 17.6 Å². The highest BCUT2D eigenvalue weighted by atomic mass is 19.2. The van der Waals surface area contributed by atoms with E-state index in [0.29, 0.717) is 16.3 Å². The van der Waals surface area contributed by atoms with Gasteiger partial charge in [-0.1, -0.05) is 30.6 Å². The minimum atomic E-state index is -1.13. The summed E-state index contributed by atoms with van der Waals surface area (Å²) in [5.41, 5.74) is 0.314. The summed E-state index contributed by atoms with van der Waals surface area (Å²) in [6, 6.07) is 9.43. The fourth-order valence-corrected chi connectivity index (χ4v) is 2.35. The predicted molar refractivity (Wildman–Crippen MR) is 91.9 cm³/mol. The summed E-state index contributed by atoms with van der Waals surface area (Å²) in [5, 5.41) is 0.964. The Balaban J connectivity index is 1.94. The van der Waals surface area contributed by atoms with E-state index in [0.717, 1.165) is 12.1 Å². The van der Waals surface area contributed by atoms with E-state index in [1.54, 1.807) is 18.2 Å². The van der Waals surface area contributed by atoms with Crippen LogP contribution in [0.5, 0.6) is 5.75 Å². The van der Waals surface area contributed by atoms with Crippen LogP contribution in [0.2, 0.25) is 0 Å². The first-order valence-electron chi connectivity index (χ1n) is 7.62. The highest BCUT2D eigenvalue weighted by Crippen LogP contribution is 2.23. The summed E-state index contributed by atoms with van der Waals surface area (Å²) in [6.07, 6.45) is 1.42. The van der Waals surface area contributed by atoms with Gasteiger partial charge in [0.1, 0.15) is 6.61 Å². The van der Waals surface area contributed by atoms with Gasteiger partial charge in [0.15, 0.2) is 23.2 Å². The van der Waals surface area contributed by atoms with Gasteiger partial charge in [-0.3, -0.25) is 0 Å². The largest absolute Gasteiger partial charge is 0.486 e. The summed E-state index contributed by atoms with van der Waals surface area (Å²) >= 11 is 0. The number of ether oxygens (including phenoxy) is 1. The molecule has 0 saturated carbocycles. The number of rotatable bonds is 3. The lowest BCUT2D eigenvalue weighted by Gasteiger charge is -2.06. The van der Waals surface area contributed by atoms with Crippen molar-refractivity contribution in [2.45, 2.75) is 0 Å². The van der Waals surface area contributed by atoms with Crippen LogP contribution in [0.4, 0.5) is 17.6 Å². The first-order valence-corrected chi connectivity index (χ1v) is 7.62. The van der Waals surface area contributed by atoms with Crippen molar-refractivity contribution in [2.24, 2.45) is 0 Å². The molecule has 3 aromatic carbocycles. The van der Waals surface area contributed by atoms with Gasteiger partial charge in [-0.2, -0.15) is 4.39 Å². The Morgan fingerprint density at radius 2 is 1.58 bits per heavy atom. The molecule has 5 heteroatoms. The van der Waals surface area contributed by atoms with Gasteiger partial charge >= 0.3 is 0 Å². The average Bonchev–Trinajstić information content (AvgIpc) is 2.63. The Morgan fingerprint density at radius 3 is 2.31 bits per heavy atom. The van der Waals surface area contributed by atoms with E-state index >= 15 is 0 Å². The van der Waals surface area contributed by atoms with Gasteiger partial charge in [0, 0.05) is 5.56 Å². The van der Waals surface area contributed by atoms with Crippen molar-refractivity contribution >= 4 is 10.8 Å². The topological polar surface area (TPSA) is 9.23 Å². The molecule has 26 heavy (non-hydrogen) atoms. The highest BCUT2D eigenvalue weighted by molar-refractivity contribution is 5.84. The molecule has 0 unspecified atom stereocenters. The summed E-state index contributed by atoms with van der Waals surface area (Å²) in [7, 11) is 0. The first kappa shape index (κ1) is 17.6. The molecular weight excluding hydrogens is 344 g/mol. The van der Waals surface area contributed by atoms with E-state index in [4.69, 9.17) is 4.74 Å². The van der Waals surface area contributed by atoms with Crippen LogP contribution >= 0.6 is 0 Å². The molecule has 0 saturated heterocycles. The van der Waals surface area contributed by atoms with Crippen LogP contribution in [-0.2, 0) is 0 Å². The Bertz CT molecular complexity index is 1060. The van der Waals surface area contributed by atoms with Crippen molar-refractivity contribution in [3.05, 3.63) is 89.5 Å². The minimum absolute atomic E-state index is 0.0512. The van der Waals surface area contributed by atoms with Crippen molar-refractivity contribution in [3.8, 4) is 17.6 Å². The smallest absolute Gasteiger partial charge is 0.201 e. The molecule has 0 fully saturated rings. The maximum atomic E-state index is 14.1. The zero-order valence-electron chi connectivity index (χ0n) is 13.5. The molecule has 0 aliphatic heterocycles. The van der Waals surface area contributed by atoms with E-state index in [2.05, 4.69) is 18.4 Å². The van der Waals surface area contributed by atoms with Crippen molar-refractivity contribution in [1.29, 1.82) is 0 Å². The Labute approximate surface area is 147 Å². The second-order valence-electron chi connectivity index (χ2n) is 5.42. The molecular formula is C21H12F4O. The van der Waals surface area contributed by atoms with Gasteiger partial charge in [0.25, 0.3) is 0 Å². The Kier molecular flexibility index (Phi) is 4.94. The van der Waals surface area contributed by atoms with E-state index in [-0.39, 0.29) is 17.9 Å². The fraction of sp³-hybridized carbons (Fsp3) is 0.0476. The van der Waals surface area contributed by atoms with Crippen molar-refractivity contribution in [3.63, 3.8) is 0 Å². The lowest BCUT2D eigenvalue weighted by molar-refractivity contribution is 0.332. The molecule has 0 aliphatic rings. The van der Waals surface area contributed by atoms with Gasteiger partial charge in [0.2, 0.25) is 5.82 Å². The van der Waals surface area contributed by atoms with Crippen LogP contribution in [0.1, 0.15) is 11.1 Å². The maximum absolute atomic E-state index is 14.1. The van der Waals surface area contributed by atoms with Gasteiger partial charge in [-0.15, -0.1) is 0 Å². The third-order valence-corrected chi connectivity index (χ3v) is 3.62. The van der Waals surface area contributed by atoms with Crippen molar-refractivity contribution < 1.29 is 22.3 Å². The molecule has 0 N–H and O–H groups in total. The SMILES string of the molecule is C=CCOc1ccc(C#Cc2ccc3cc(F)c(F)cc3c2)c(F)c1F. The van der Waals surface area contributed by atoms with Gasteiger partial charge in [0.05, 0.1) is 5.56 Å². The molecule has 130 valence electrons. The molecule has 0 heterocycles. The van der Waals surface area contributed by atoms with Crippen LogP contribution in [-0.4, -0.2) is 6.61 Å². The molecule has 0 bridgehead atoms. The Morgan fingerprint density at radius 1 is 0.846 bits per heavy atom. The minimum Gasteiger partial charge on any atom is -0.486 e. The van der Waals surface area contributed by atoms with E-state index in [1.165, 1.54) is 18.2 Å². The number of benzene rings is 3. The second-order valence-corrected chi connectivity index (χ2v) is 5.42. The van der Waals surface area contributed by atoms with Gasteiger partial charge in [-0.25, -0.2) is 13.2 Å². The van der Waals surface area contributed by atoms with Crippen LogP contribution in [0.3, 0.4) is 0 Å². The summed E-state index contributed by atoms with van der Waals surface area (Å²) < 4.78 is 59.5. The molecule has 3 rings (SSSR count). The molecule has 1 nitrogen and oxygen atoms in total. The molecule has 0 aliphatic carbocycles. The predicted octanol–water partition coefficient (Wildman–Crippen LogP) is 5.36. The number of hydrogen-bond acceptors (Lipinski definition) is 1. The molecule has 0 aromatic heterocycles. The van der Waals surface area contributed by atoms with Gasteiger partial charge < -0.3 is 4.74 Å². The molecule has 3 aromatic rings. The quantitative estimate of drug-likeness (QED) is 0.349. The number of fused-ring (bicyclic) bond motifs is 1. The van der Waals surface area contributed by atoms with E-state index < -0.39 is 23.3 Å². The zero-order valence-corrected chi connectivity index (χ0v) is 13.5. The van der Waals surface area contributed by atoms with Crippen LogP contribution in [0.15, 0.2) is 55.1 Å². The average molecular weight is 356 g/mol. The van der Waals surface area contributed by atoms with Crippen LogP contribution < -0.4 is 4.74 Å². The maximum Gasteiger partial charge on any atom is 0.201 e. The summed E-state index contributed by atoms with van der Waals surface area (Å²) in [4.78, 5) is 0. The number of halogens is 4.